The van der Waals surface area contributed by atoms with Gasteiger partial charge in [0.25, 0.3) is 0 Å². The van der Waals surface area contributed by atoms with Crippen LogP contribution in [0.5, 0.6) is 0 Å². The zero-order valence-electron chi connectivity index (χ0n) is 18.8. The van der Waals surface area contributed by atoms with Gasteiger partial charge in [0.05, 0.1) is 19.3 Å². The van der Waals surface area contributed by atoms with Gasteiger partial charge in [0.15, 0.2) is 5.79 Å². The number of rotatable bonds is 1. The van der Waals surface area contributed by atoms with Crippen LogP contribution in [0, 0.1) is 40.4 Å². The molecule has 2 aliphatic heterocycles. The van der Waals surface area contributed by atoms with Gasteiger partial charge in [-0.15, -0.1) is 0 Å². The summed E-state index contributed by atoms with van der Waals surface area (Å²) in [7, 11) is 0. The van der Waals surface area contributed by atoms with E-state index in [1.54, 1.807) is 12.5 Å². The van der Waals surface area contributed by atoms with Crippen LogP contribution >= 0.6 is 0 Å². The molecule has 1 saturated heterocycles. The first-order valence-corrected chi connectivity index (χ1v) is 12.3. The summed E-state index contributed by atoms with van der Waals surface area (Å²) < 4.78 is 24.1. The minimum atomic E-state index is -0.578. The largest absolute Gasteiger partial charge is 0.457 e. The molecule has 5 fully saturated rings. The zero-order valence-corrected chi connectivity index (χ0v) is 18.8. The normalized spacial score (nSPS) is 52.9. The van der Waals surface area contributed by atoms with Gasteiger partial charge in [-0.1, -0.05) is 13.8 Å². The van der Waals surface area contributed by atoms with E-state index in [1.807, 2.05) is 0 Å². The van der Waals surface area contributed by atoms with E-state index in [1.165, 1.54) is 19.3 Å². The molecule has 5 nitrogen and oxygen atoms in total. The molecular formula is C25H38O5. The fourth-order valence-electron chi connectivity index (χ4n) is 9.46. The highest BCUT2D eigenvalue weighted by Crippen LogP contribution is 2.69. The summed E-state index contributed by atoms with van der Waals surface area (Å²) in [5.41, 5.74) is 0.256. The van der Waals surface area contributed by atoms with E-state index in [2.05, 4.69) is 20.8 Å². The van der Waals surface area contributed by atoms with Crippen LogP contribution in [0.1, 0.15) is 72.1 Å². The maximum Gasteiger partial charge on any atom is 0.250 e. The van der Waals surface area contributed by atoms with Crippen molar-refractivity contribution in [1.29, 1.82) is 0 Å². The fourth-order valence-corrected chi connectivity index (χ4v) is 9.46. The molecule has 0 aromatic rings. The average molecular weight is 419 g/mol. The van der Waals surface area contributed by atoms with Gasteiger partial charge in [-0.2, -0.15) is 0 Å². The van der Waals surface area contributed by atoms with Crippen molar-refractivity contribution in [1.82, 2.24) is 0 Å². The van der Waals surface area contributed by atoms with Crippen LogP contribution in [0.4, 0.5) is 0 Å². The first-order valence-electron chi connectivity index (χ1n) is 12.3. The van der Waals surface area contributed by atoms with Gasteiger partial charge in [0, 0.05) is 25.7 Å². The highest BCUT2D eigenvalue weighted by Gasteiger charge is 2.67. The van der Waals surface area contributed by atoms with Gasteiger partial charge in [0.2, 0.25) is 5.79 Å². The molecule has 2 heterocycles. The molecule has 5 heteroatoms. The van der Waals surface area contributed by atoms with Crippen molar-refractivity contribution in [2.75, 3.05) is 13.2 Å². The van der Waals surface area contributed by atoms with E-state index in [9.17, 15) is 5.11 Å². The van der Waals surface area contributed by atoms with Crippen LogP contribution in [0.25, 0.3) is 0 Å². The number of fused-ring (bicyclic) bond motifs is 5. The molecule has 0 aromatic heterocycles. The first kappa shape index (κ1) is 19.9. The Labute approximate surface area is 180 Å². The topological polar surface area (TPSA) is 57.2 Å². The second-order valence-electron chi connectivity index (χ2n) is 11.8. The summed E-state index contributed by atoms with van der Waals surface area (Å²) in [6.07, 6.45) is 11.9. The Bertz CT molecular complexity index is 721. The average Bonchev–Trinajstić information content (AvgIpc) is 3.41. The smallest absolute Gasteiger partial charge is 0.250 e. The Morgan fingerprint density at radius 2 is 1.57 bits per heavy atom. The molecule has 1 N–H and O–H groups in total. The lowest BCUT2D eigenvalue weighted by atomic mass is 9.43. The first-order chi connectivity index (χ1) is 14.3. The van der Waals surface area contributed by atoms with Crippen LogP contribution in [0.3, 0.4) is 0 Å². The number of hydrogen-bond acceptors (Lipinski definition) is 5. The molecule has 168 valence electrons. The molecule has 0 bridgehead atoms. The number of hydrogen-bond donors (Lipinski definition) is 1. The van der Waals surface area contributed by atoms with Crippen molar-refractivity contribution in [3.8, 4) is 0 Å². The van der Waals surface area contributed by atoms with E-state index < -0.39 is 5.79 Å². The molecule has 6 aliphatic rings. The van der Waals surface area contributed by atoms with Gasteiger partial charge in [-0.25, -0.2) is 0 Å². The van der Waals surface area contributed by atoms with E-state index in [4.69, 9.17) is 18.9 Å². The Kier molecular flexibility index (Phi) is 4.23. The maximum atomic E-state index is 11.7. The summed E-state index contributed by atoms with van der Waals surface area (Å²) in [5, 5.41) is 11.7. The van der Waals surface area contributed by atoms with Crippen LogP contribution in [-0.2, 0) is 18.9 Å². The molecule has 0 radical (unpaired) electrons. The Morgan fingerprint density at radius 1 is 0.833 bits per heavy atom. The Morgan fingerprint density at radius 3 is 2.30 bits per heavy atom. The highest BCUT2D eigenvalue weighted by molar-refractivity contribution is 5.14. The van der Waals surface area contributed by atoms with E-state index >= 15 is 0 Å². The molecule has 0 amide bonds. The number of aliphatic hydroxyl groups excluding tert-OH is 1. The summed E-state index contributed by atoms with van der Waals surface area (Å²) in [5.74, 6) is 1.64. The minimum Gasteiger partial charge on any atom is -0.457 e. The van der Waals surface area contributed by atoms with Crippen molar-refractivity contribution in [2.24, 2.45) is 40.4 Å². The molecule has 30 heavy (non-hydrogen) atoms. The lowest BCUT2D eigenvalue weighted by molar-refractivity contribution is -0.251. The summed E-state index contributed by atoms with van der Waals surface area (Å²) in [6, 6.07) is 0. The van der Waals surface area contributed by atoms with E-state index in [0.717, 1.165) is 45.3 Å². The van der Waals surface area contributed by atoms with Crippen LogP contribution in [0.2, 0.25) is 0 Å². The molecular weight excluding hydrogens is 380 g/mol. The van der Waals surface area contributed by atoms with Gasteiger partial charge >= 0.3 is 0 Å². The summed E-state index contributed by atoms with van der Waals surface area (Å²) in [6.45, 7) is 8.44. The van der Waals surface area contributed by atoms with Gasteiger partial charge in [0.1, 0.15) is 12.5 Å². The van der Waals surface area contributed by atoms with Crippen molar-refractivity contribution < 1.29 is 24.1 Å². The standard InChI is InChI=1S/C25H38O5/c1-22-8-9-25(29-12-13-30-25)14-16(22)4-5-17-18-6-7-20(24(3)27-10-11-28-24)23(18,2)15-19(26)21(17)22/h10-11,16-21,26H,4-9,12-15H2,1-3H3/t16?,17-,18-,19-,20-,21+,22-,23-/m0/s1. The highest BCUT2D eigenvalue weighted by atomic mass is 16.7. The lowest BCUT2D eigenvalue weighted by Gasteiger charge is -2.63. The SMILES string of the molecule is CC1([C@H]2CC[C@H]3[C@@H]4CCC5CC6(CC[C@]5(C)[C@H]4[C@@H](O)C[C@]23C)OCCO6)OC=CO1. The monoisotopic (exact) mass is 418 g/mol. The predicted octanol–water partition coefficient (Wildman–Crippen LogP) is 4.59. The summed E-state index contributed by atoms with van der Waals surface area (Å²) in [4.78, 5) is 0. The molecule has 6 rings (SSSR count). The van der Waals surface area contributed by atoms with Crippen molar-refractivity contribution in [2.45, 2.75) is 89.8 Å². The third-order valence-electron chi connectivity index (χ3n) is 10.7. The third kappa shape index (κ3) is 2.52. The quantitative estimate of drug-likeness (QED) is 0.675. The second-order valence-corrected chi connectivity index (χ2v) is 11.8. The van der Waals surface area contributed by atoms with E-state index in [0.29, 0.717) is 29.6 Å². The van der Waals surface area contributed by atoms with Gasteiger partial charge < -0.3 is 24.1 Å². The Balaban J connectivity index is 1.29. The van der Waals surface area contributed by atoms with Gasteiger partial charge in [-0.3, -0.25) is 0 Å². The molecule has 8 atom stereocenters. The van der Waals surface area contributed by atoms with Crippen molar-refractivity contribution in [3.63, 3.8) is 0 Å². The van der Waals surface area contributed by atoms with Crippen LogP contribution in [0.15, 0.2) is 12.5 Å². The lowest BCUT2D eigenvalue weighted by Crippen LogP contribution is -2.61. The third-order valence-corrected chi connectivity index (χ3v) is 10.7. The second kappa shape index (κ2) is 6.39. The van der Waals surface area contributed by atoms with Crippen molar-refractivity contribution >= 4 is 0 Å². The molecule has 0 aromatic carbocycles. The zero-order chi connectivity index (χ0) is 20.8. The minimum absolute atomic E-state index is 0.0676. The maximum absolute atomic E-state index is 11.7. The van der Waals surface area contributed by atoms with Crippen LogP contribution < -0.4 is 0 Å². The molecule has 4 saturated carbocycles. The fraction of sp³-hybridized carbons (Fsp3) is 0.920. The molecule has 4 aliphatic carbocycles. The predicted molar refractivity (Wildman–Crippen MR) is 111 cm³/mol. The number of aliphatic hydroxyl groups is 1. The number of ether oxygens (including phenoxy) is 4. The Hall–Kier alpha value is -0.780. The van der Waals surface area contributed by atoms with Gasteiger partial charge in [-0.05, 0) is 73.0 Å². The molecule has 1 unspecified atom stereocenters. The van der Waals surface area contributed by atoms with Crippen LogP contribution in [-0.4, -0.2) is 36.0 Å². The molecule has 1 spiro atoms. The van der Waals surface area contributed by atoms with E-state index in [-0.39, 0.29) is 22.7 Å². The van der Waals surface area contributed by atoms with Crippen molar-refractivity contribution in [3.05, 3.63) is 12.5 Å². The summed E-state index contributed by atoms with van der Waals surface area (Å²) >= 11 is 0.